The molecular weight excluding hydrogens is 412 g/mol. The van der Waals surface area contributed by atoms with Gasteiger partial charge in [0.25, 0.3) is 5.91 Å². The molecule has 1 amide bonds. The number of benzene rings is 2. The quantitative estimate of drug-likeness (QED) is 0.727. The molecule has 1 N–H and O–H groups in total. The Kier molecular flexibility index (Phi) is 4.95. The van der Waals surface area contributed by atoms with Crippen LogP contribution in [0.2, 0.25) is 0 Å². The van der Waals surface area contributed by atoms with Crippen LogP contribution in [0, 0.1) is 11.6 Å². The van der Waals surface area contributed by atoms with Gasteiger partial charge < -0.3 is 10.1 Å². The van der Waals surface area contributed by atoms with Crippen molar-refractivity contribution in [1.82, 2.24) is 0 Å². The highest BCUT2D eigenvalue weighted by Gasteiger charge is 2.15. The zero-order valence-corrected chi connectivity index (χ0v) is 13.9. The van der Waals surface area contributed by atoms with E-state index >= 15 is 0 Å². The second-order valence-corrected chi connectivity index (χ2v) is 5.75. The van der Waals surface area contributed by atoms with Crippen molar-refractivity contribution < 1.29 is 18.3 Å². The van der Waals surface area contributed by atoms with Crippen molar-refractivity contribution in [2.45, 2.75) is 0 Å². The summed E-state index contributed by atoms with van der Waals surface area (Å²) in [5.41, 5.74) is 0.150. The van der Waals surface area contributed by atoms with Crippen molar-refractivity contribution in [3.63, 3.8) is 0 Å². The van der Waals surface area contributed by atoms with E-state index in [1.54, 1.807) is 12.1 Å². The smallest absolute Gasteiger partial charge is 0.257 e. The Labute approximate surface area is 136 Å². The molecule has 21 heavy (non-hydrogen) atoms. The highest BCUT2D eigenvalue weighted by molar-refractivity contribution is 9.10. The van der Waals surface area contributed by atoms with Gasteiger partial charge in [-0.15, -0.1) is 0 Å². The van der Waals surface area contributed by atoms with Gasteiger partial charge in [-0.2, -0.15) is 0 Å². The molecule has 0 atom stereocenters. The van der Waals surface area contributed by atoms with Gasteiger partial charge in [0.05, 0.1) is 22.8 Å². The number of hydrogen-bond donors (Lipinski definition) is 1. The van der Waals surface area contributed by atoms with Gasteiger partial charge in [0.1, 0.15) is 17.4 Å². The molecule has 0 aliphatic carbocycles. The largest absolute Gasteiger partial charge is 0.497 e. The number of carbonyl (C=O) groups excluding carboxylic acids is 1. The molecule has 0 aromatic heterocycles. The maximum atomic E-state index is 13.6. The summed E-state index contributed by atoms with van der Waals surface area (Å²) >= 11 is 6.18. The average molecular weight is 421 g/mol. The summed E-state index contributed by atoms with van der Waals surface area (Å²) < 4.78 is 32.4. The minimum Gasteiger partial charge on any atom is -0.497 e. The van der Waals surface area contributed by atoms with Crippen molar-refractivity contribution in [1.29, 1.82) is 0 Å². The molecule has 0 aliphatic rings. The van der Waals surface area contributed by atoms with Gasteiger partial charge in [0.15, 0.2) is 0 Å². The standard InChI is InChI=1S/C14H9Br2F2NO2/c1-21-7-2-3-9(15)8(4-7)14(20)19-13-5-10(16)11(17)6-12(13)18/h2-6H,1H3,(H,19,20). The summed E-state index contributed by atoms with van der Waals surface area (Å²) in [6.45, 7) is 0. The van der Waals surface area contributed by atoms with Crippen LogP contribution in [0.4, 0.5) is 14.5 Å². The SMILES string of the molecule is COc1ccc(Br)c(C(=O)Nc2cc(Br)c(F)cc2F)c1. The number of anilines is 1. The Morgan fingerprint density at radius 2 is 1.81 bits per heavy atom. The molecule has 0 unspecified atom stereocenters. The van der Waals surface area contributed by atoms with Crippen molar-refractivity contribution in [3.05, 3.63) is 56.5 Å². The van der Waals surface area contributed by atoms with E-state index in [1.165, 1.54) is 13.2 Å². The van der Waals surface area contributed by atoms with Crippen LogP contribution >= 0.6 is 31.9 Å². The molecule has 2 aromatic rings. The average Bonchev–Trinajstić information content (AvgIpc) is 2.45. The van der Waals surface area contributed by atoms with E-state index in [4.69, 9.17) is 4.74 Å². The third kappa shape index (κ3) is 3.59. The summed E-state index contributed by atoms with van der Waals surface area (Å²) in [6, 6.07) is 6.69. The monoisotopic (exact) mass is 419 g/mol. The topological polar surface area (TPSA) is 38.3 Å². The van der Waals surface area contributed by atoms with Gasteiger partial charge >= 0.3 is 0 Å². The highest BCUT2D eigenvalue weighted by Crippen LogP contribution is 2.26. The van der Waals surface area contributed by atoms with Crippen LogP contribution in [0.1, 0.15) is 10.4 Å². The molecule has 3 nitrogen and oxygen atoms in total. The number of amides is 1. The Morgan fingerprint density at radius 3 is 2.48 bits per heavy atom. The first-order valence-electron chi connectivity index (χ1n) is 5.72. The van der Waals surface area contributed by atoms with E-state index in [9.17, 15) is 13.6 Å². The maximum Gasteiger partial charge on any atom is 0.257 e. The van der Waals surface area contributed by atoms with Gasteiger partial charge in [-0.1, -0.05) is 0 Å². The van der Waals surface area contributed by atoms with E-state index in [1.807, 2.05) is 0 Å². The minimum atomic E-state index is -0.858. The number of halogens is 4. The number of nitrogens with one attached hydrogen (secondary N) is 1. The molecule has 110 valence electrons. The van der Waals surface area contributed by atoms with Crippen LogP contribution < -0.4 is 10.1 Å². The molecule has 0 heterocycles. The number of hydrogen-bond acceptors (Lipinski definition) is 2. The Balaban J connectivity index is 2.32. The lowest BCUT2D eigenvalue weighted by Gasteiger charge is -2.10. The van der Waals surface area contributed by atoms with Crippen LogP contribution in [-0.2, 0) is 0 Å². The van der Waals surface area contributed by atoms with Gasteiger partial charge in [-0.3, -0.25) is 4.79 Å². The molecule has 0 bridgehead atoms. The first-order valence-corrected chi connectivity index (χ1v) is 7.30. The minimum absolute atomic E-state index is 0.0592. The third-order valence-corrected chi connectivity index (χ3v) is 3.98. The zero-order chi connectivity index (χ0) is 15.6. The normalized spacial score (nSPS) is 10.3. The number of ether oxygens (including phenoxy) is 1. The maximum absolute atomic E-state index is 13.6. The molecule has 0 saturated carbocycles. The fourth-order valence-electron chi connectivity index (χ4n) is 1.61. The molecule has 0 fully saturated rings. The summed E-state index contributed by atoms with van der Waals surface area (Å²) in [7, 11) is 1.47. The summed E-state index contributed by atoms with van der Waals surface area (Å²) in [6.07, 6.45) is 0. The second kappa shape index (κ2) is 6.53. The fraction of sp³-hybridized carbons (Fsp3) is 0.0714. The van der Waals surface area contributed by atoms with Gasteiger partial charge in [0.2, 0.25) is 0 Å². The number of rotatable bonds is 3. The lowest BCUT2D eigenvalue weighted by atomic mass is 10.2. The van der Waals surface area contributed by atoms with E-state index in [0.29, 0.717) is 16.3 Å². The van der Waals surface area contributed by atoms with Crippen LogP contribution in [0.5, 0.6) is 5.75 Å². The lowest BCUT2D eigenvalue weighted by molar-refractivity contribution is 0.102. The highest BCUT2D eigenvalue weighted by atomic mass is 79.9. The van der Waals surface area contributed by atoms with Crippen molar-refractivity contribution in [2.24, 2.45) is 0 Å². The van der Waals surface area contributed by atoms with E-state index in [-0.39, 0.29) is 15.7 Å². The Morgan fingerprint density at radius 1 is 1.10 bits per heavy atom. The van der Waals surface area contributed by atoms with Gasteiger partial charge in [0, 0.05) is 10.5 Å². The van der Waals surface area contributed by atoms with Crippen LogP contribution in [0.25, 0.3) is 0 Å². The summed E-state index contributed by atoms with van der Waals surface area (Å²) in [4.78, 5) is 12.2. The summed E-state index contributed by atoms with van der Waals surface area (Å²) in [5, 5.41) is 2.39. The second-order valence-electron chi connectivity index (χ2n) is 4.05. The van der Waals surface area contributed by atoms with Gasteiger partial charge in [-0.25, -0.2) is 8.78 Å². The van der Waals surface area contributed by atoms with Gasteiger partial charge in [-0.05, 0) is 56.1 Å². The van der Waals surface area contributed by atoms with E-state index in [2.05, 4.69) is 37.2 Å². The predicted molar refractivity (Wildman–Crippen MR) is 82.7 cm³/mol. The van der Waals surface area contributed by atoms with E-state index < -0.39 is 17.5 Å². The molecule has 0 saturated heterocycles. The van der Waals surface area contributed by atoms with Crippen molar-refractivity contribution in [3.8, 4) is 5.75 Å². The first-order chi connectivity index (χ1) is 9.92. The van der Waals surface area contributed by atoms with Crippen molar-refractivity contribution >= 4 is 43.5 Å². The molecule has 0 aliphatic heterocycles. The van der Waals surface area contributed by atoms with Crippen molar-refractivity contribution in [2.75, 3.05) is 12.4 Å². The summed E-state index contributed by atoms with van der Waals surface area (Å²) in [5.74, 6) is -1.65. The molecule has 7 heteroatoms. The molecular formula is C14H9Br2F2NO2. The van der Waals surface area contributed by atoms with Crippen LogP contribution in [0.3, 0.4) is 0 Å². The van der Waals surface area contributed by atoms with Crippen LogP contribution in [-0.4, -0.2) is 13.0 Å². The Hall–Kier alpha value is -1.47. The zero-order valence-electron chi connectivity index (χ0n) is 10.7. The third-order valence-electron chi connectivity index (χ3n) is 2.68. The number of carbonyl (C=O) groups is 1. The molecule has 0 radical (unpaired) electrons. The van der Waals surface area contributed by atoms with E-state index in [0.717, 1.165) is 6.07 Å². The fourth-order valence-corrected chi connectivity index (χ4v) is 2.38. The molecule has 2 aromatic carbocycles. The molecule has 0 spiro atoms. The van der Waals surface area contributed by atoms with Crippen LogP contribution in [0.15, 0.2) is 39.3 Å². The number of methoxy groups -OCH3 is 1. The predicted octanol–water partition coefficient (Wildman–Crippen LogP) is 4.75. The lowest BCUT2D eigenvalue weighted by Crippen LogP contribution is -2.14. The first kappa shape index (κ1) is 15.9. The molecule has 2 rings (SSSR count). The Bertz CT molecular complexity index is 708.